The Morgan fingerprint density at radius 1 is 1.12 bits per heavy atom. The van der Waals surface area contributed by atoms with Gasteiger partial charge in [0.15, 0.2) is 6.61 Å². The van der Waals surface area contributed by atoms with Gasteiger partial charge in [0.05, 0.1) is 19.6 Å². The lowest BCUT2D eigenvalue weighted by Crippen LogP contribution is -2.24. The average molecular weight is 472 g/mol. The summed E-state index contributed by atoms with van der Waals surface area (Å²) in [7, 11) is 3.02. The van der Waals surface area contributed by atoms with E-state index in [2.05, 4.69) is 10.3 Å². The van der Waals surface area contributed by atoms with Crippen LogP contribution in [0.3, 0.4) is 0 Å². The number of hydrogen-bond donors (Lipinski definition) is 1. The average Bonchev–Trinajstić information content (AvgIpc) is 2.97. The molecule has 3 heterocycles. The number of aromatic nitrogens is 2. The van der Waals surface area contributed by atoms with Gasteiger partial charge in [-0.15, -0.1) is 11.3 Å². The van der Waals surface area contributed by atoms with Gasteiger partial charge in [-0.05, 0) is 25.3 Å². The number of carbonyl (C=O) groups is 2. The fourth-order valence-electron chi connectivity index (χ4n) is 3.88. The summed E-state index contributed by atoms with van der Waals surface area (Å²) in [4.78, 5) is 43.6. The first-order chi connectivity index (χ1) is 15.9. The molecular weight excluding hydrogens is 446 g/mol. The lowest BCUT2D eigenvalue weighted by Gasteiger charge is -2.10. The number of amides is 1. The van der Waals surface area contributed by atoms with Crippen molar-refractivity contribution >= 4 is 39.1 Å². The lowest BCUT2D eigenvalue weighted by atomic mass is 10.2. The monoisotopic (exact) mass is 471 g/mol. The highest BCUT2D eigenvalue weighted by Gasteiger charge is 2.23. The molecule has 0 radical (unpaired) electrons. The minimum Gasteiger partial charge on any atom is -0.497 e. The van der Waals surface area contributed by atoms with Gasteiger partial charge in [-0.1, -0.05) is 6.42 Å². The maximum absolute atomic E-state index is 13.0. The van der Waals surface area contributed by atoms with Crippen molar-refractivity contribution in [3.8, 4) is 11.5 Å². The molecule has 1 amide bonds. The second-order valence-corrected chi connectivity index (χ2v) is 8.76. The van der Waals surface area contributed by atoms with Crippen LogP contribution in [0.25, 0.3) is 10.2 Å². The van der Waals surface area contributed by atoms with Gasteiger partial charge in [0.2, 0.25) is 0 Å². The quantitative estimate of drug-likeness (QED) is 0.550. The number of fused-ring (bicyclic) bond motifs is 2. The van der Waals surface area contributed by atoms with E-state index in [9.17, 15) is 14.4 Å². The number of nitrogens with zero attached hydrogens (tertiary/aromatic N) is 2. The molecule has 0 aliphatic carbocycles. The molecule has 1 aliphatic heterocycles. The number of benzene rings is 1. The van der Waals surface area contributed by atoms with Crippen LogP contribution in [0.4, 0.5) is 5.69 Å². The van der Waals surface area contributed by atoms with Crippen LogP contribution in [0, 0.1) is 6.92 Å². The molecule has 0 saturated carbocycles. The maximum Gasteiger partial charge on any atom is 0.349 e. The van der Waals surface area contributed by atoms with Crippen LogP contribution in [-0.2, 0) is 22.5 Å². The van der Waals surface area contributed by atoms with Crippen LogP contribution >= 0.6 is 11.3 Å². The first-order valence-electron chi connectivity index (χ1n) is 10.6. The molecule has 2 aromatic heterocycles. The van der Waals surface area contributed by atoms with Gasteiger partial charge < -0.3 is 19.5 Å². The zero-order valence-corrected chi connectivity index (χ0v) is 19.5. The van der Waals surface area contributed by atoms with Crippen molar-refractivity contribution in [2.45, 2.75) is 39.2 Å². The van der Waals surface area contributed by atoms with Gasteiger partial charge in [0, 0.05) is 36.9 Å². The Morgan fingerprint density at radius 2 is 1.85 bits per heavy atom. The van der Waals surface area contributed by atoms with Crippen molar-refractivity contribution in [2.75, 3.05) is 26.1 Å². The van der Waals surface area contributed by atoms with E-state index in [-0.39, 0.29) is 10.4 Å². The molecule has 0 bridgehead atoms. The van der Waals surface area contributed by atoms with Gasteiger partial charge in [0.25, 0.3) is 11.5 Å². The summed E-state index contributed by atoms with van der Waals surface area (Å²) < 4.78 is 17.3. The number of rotatable bonds is 6. The predicted octanol–water partition coefficient (Wildman–Crippen LogP) is 3.31. The Morgan fingerprint density at radius 3 is 2.55 bits per heavy atom. The van der Waals surface area contributed by atoms with Crippen LogP contribution in [0.5, 0.6) is 11.5 Å². The number of nitrogens with one attached hydrogen (secondary N) is 1. The van der Waals surface area contributed by atoms with E-state index >= 15 is 0 Å². The Labute approximate surface area is 194 Å². The van der Waals surface area contributed by atoms with E-state index in [1.54, 1.807) is 29.7 Å². The predicted molar refractivity (Wildman–Crippen MR) is 125 cm³/mol. The molecule has 1 N–H and O–H groups in total. The Kier molecular flexibility index (Phi) is 6.64. The van der Waals surface area contributed by atoms with Crippen LogP contribution in [0.1, 0.15) is 40.3 Å². The molecular formula is C23H25N3O6S. The van der Waals surface area contributed by atoms with Crippen LogP contribution in [0.15, 0.2) is 23.0 Å². The van der Waals surface area contributed by atoms with E-state index in [0.717, 1.165) is 42.8 Å². The molecule has 1 aliphatic rings. The topological polar surface area (TPSA) is 109 Å². The summed E-state index contributed by atoms with van der Waals surface area (Å²) in [6.07, 6.45) is 3.74. The molecule has 9 nitrogen and oxygen atoms in total. The summed E-state index contributed by atoms with van der Waals surface area (Å²) in [5.41, 5.74) is 0.869. The zero-order chi connectivity index (χ0) is 23.5. The molecule has 1 aromatic carbocycles. The Balaban J connectivity index is 1.49. The second-order valence-electron chi connectivity index (χ2n) is 7.76. The fourth-order valence-corrected chi connectivity index (χ4v) is 4.96. The third kappa shape index (κ3) is 4.70. The first kappa shape index (κ1) is 22.8. The molecule has 33 heavy (non-hydrogen) atoms. The number of aryl methyl sites for hydroxylation is 2. The molecule has 3 aromatic rings. The minimum absolute atomic E-state index is 0.116. The van der Waals surface area contributed by atoms with Crippen molar-refractivity contribution in [3.05, 3.63) is 44.8 Å². The number of anilines is 1. The van der Waals surface area contributed by atoms with E-state index in [0.29, 0.717) is 39.5 Å². The third-order valence-electron chi connectivity index (χ3n) is 5.57. The van der Waals surface area contributed by atoms with Crippen molar-refractivity contribution in [3.63, 3.8) is 0 Å². The smallest absolute Gasteiger partial charge is 0.349 e. The van der Waals surface area contributed by atoms with E-state index in [1.807, 2.05) is 0 Å². The van der Waals surface area contributed by atoms with Crippen molar-refractivity contribution in [1.29, 1.82) is 0 Å². The van der Waals surface area contributed by atoms with Gasteiger partial charge in [-0.3, -0.25) is 14.2 Å². The lowest BCUT2D eigenvalue weighted by molar-refractivity contribution is -0.119. The largest absolute Gasteiger partial charge is 0.497 e. The normalized spacial score (nSPS) is 13.2. The molecule has 0 unspecified atom stereocenters. The summed E-state index contributed by atoms with van der Waals surface area (Å²) >= 11 is 1.13. The second kappa shape index (κ2) is 9.62. The first-order valence-corrected chi connectivity index (χ1v) is 11.5. The van der Waals surface area contributed by atoms with Gasteiger partial charge in [-0.25, -0.2) is 9.78 Å². The highest BCUT2D eigenvalue weighted by atomic mass is 32.1. The van der Waals surface area contributed by atoms with Crippen molar-refractivity contribution in [1.82, 2.24) is 9.55 Å². The van der Waals surface area contributed by atoms with E-state index < -0.39 is 18.5 Å². The van der Waals surface area contributed by atoms with Gasteiger partial charge >= 0.3 is 5.97 Å². The molecule has 10 heteroatoms. The number of thiophene rings is 1. The van der Waals surface area contributed by atoms with Crippen LogP contribution in [-0.4, -0.2) is 42.3 Å². The van der Waals surface area contributed by atoms with Gasteiger partial charge in [0.1, 0.15) is 27.0 Å². The SMILES string of the molecule is COc1cc(NC(=O)COC(=O)c2sc3nc4n(c(=O)c3c2C)CCCCC4)cc(OC)c1. The van der Waals surface area contributed by atoms with E-state index in [4.69, 9.17) is 14.2 Å². The Hall–Kier alpha value is -3.40. The molecule has 0 atom stereocenters. The molecule has 174 valence electrons. The fraction of sp³-hybridized carbons (Fsp3) is 0.391. The van der Waals surface area contributed by atoms with Crippen molar-refractivity contribution in [2.24, 2.45) is 0 Å². The number of esters is 1. The molecule has 0 spiro atoms. The highest BCUT2D eigenvalue weighted by Crippen LogP contribution is 2.29. The molecule has 4 rings (SSSR count). The third-order valence-corrected chi connectivity index (χ3v) is 6.73. The summed E-state index contributed by atoms with van der Waals surface area (Å²) in [5, 5.41) is 3.10. The van der Waals surface area contributed by atoms with Crippen molar-refractivity contribution < 1.29 is 23.8 Å². The number of ether oxygens (including phenoxy) is 3. The minimum atomic E-state index is -0.659. The highest BCUT2D eigenvalue weighted by molar-refractivity contribution is 7.20. The zero-order valence-electron chi connectivity index (χ0n) is 18.7. The van der Waals surface area contributed by atoms with E-state index in [1.165, 1.54) is 14.2 Å². The molecule has 0 fully saturated rings. The van der Waals surface area contributed by atoms with Crippen LogP contribution < -0.4 is 20.3 Å². The number of carbonyl (C=O) groups excluding carboxylic acids is 2. The van der Waals surface area contributed by atoms with Gasteiger partial charge in [-0.2, -0.15) is 0 Å². The standard InChI is InChI=1S/C23H25N3O6S/c1-13-19-21(25-17-7-5-4-6-8-26(17)22(19)28)33-20(13)23(29)32-12-18(27)24-14-9-15(30-2)11-16(10-14)31-3/h9-11H,4-8,12H2,1-3H3,(H,24,27). The molecule has 0 saturated heterocycles. The number of hydrogen-bond acceptors (Lipinski definition) is 8. The summed E-state index contributed by atoms with van der Waals surface area (Å²) in [5.74, 6) is 0.620. The maximum atomic E-state index is 13.0. The number of methoxy groups -OCH3 is 2. The Bertz CT molecular complexity index is 1260. The van der Waals surface area contributed by atoms with Crippen LogP contribution in [0.2, 0.25) is 0 Å². The summed E-state index contributed by atoms with van der Waals surface area (Å²) in [6, 6.07) is 4.93. The summed E-state index contributed by atoms with van der Waals surface area (Å²) in [6.45, 7) is 1.88.